The van der Waals surface area contributed by atoms with Crippen LogP contribution in [-0.4, -0.2) is 5.78 Å². The fourth-order valence-electron chi connectivity index (χ4n) is 3.46. The molecule has 0 radical (unpaired) electrons. The maximum Gasteiger partial charge on any atom is 0.135 e. The van der Waals surface area contributed by atoms with Gasteiger partial charge in [0.2, 0.25) is 0 Å². The molecule has 2 aliphatic carbocycles. The molecule has 1 nitrogen and oxygen atoms in total. The molecule has 2 fully saturated rings. The van der Waals surface area contributed by atoms with Gasteiger partial charge in [-0.05, 0) is 43.4 Å². The first-order valence-electron chi connectivity index (χ1n) is 6.69. The van der Waals surface area contributed by atoms with Crippen molar-refractivity contribution < 1.29 is 4.79 Å². The van der Waals surface area contributed by atoms with E-state index in [1.165, 1.54) is 38.5 Å². The molecule has 2 atom stereocenters. The van der Waals surface area contributed by atoms with Crippen molar-refractivity contribution in [2.45, 2.75) is 58.8 Å². The Balaban J connectivity index is 1.86. The largest absolute Gasteiger partial charge is 0.299 e. The number of rotatable bonds is 1. The molecule has 0 N–H and O–H groups in total. The molecular weight excluding hydrogens is 184 g/mol. The van der Waals surface area contributed by atoms with Crippen molar-refractivity contribution in [2.24, 2.45) is 23.7 Å². The molecular formula is C14H24O. The highest BCUT2D eigenvalue weighted by Crippen LogP contribution is 2.40. The van der Waals surface area contributed by atoms with Crippen LogP contribution in [0.3, 0.4) is 0 Å². The van der Waals surface area contributed by atoms with Crippen molar-refractivity contribution in [2.75, 3.05) is 0 Å². The Hall–Kier alpha value is -0.330. The van der Waals surface area contributed by atoms with Crippen LogP contribution in [0.25, 0.3) is 0 Å². The molecule has 0 aromatic rings. The molecule has 0 spiro atoms. The summed E-state index contributed by atoms with van der Waals surface area (Å²) in [7, 11) is 0. The molecule has 1 heteroatoms. The summed E-state index contributed by atoms with van der Waals surface area (Å²) in [5.41, 5.74) is 0. The molecule has 15 heavy (non-hydrogen) atoms. The second kappa shape index (κ2) is 4.67. The summed E-state index contributed by atoms with van der Waals surface area (Å²) in [6.45, 7) is 4.50. The molecule has 0 aromatic heterocycles. The van der Waals surface area contributed by atoms with Crippen LogP contribution < -0.4 is 0 Å². The molecule has 0 saturated heterocycles. The minimum Gasteiger partial charge on any atom is -0.299 e. The van der Waals surface area contributed by atoms with E-state index in [-0.39, 0.29) is 0 Å². The number of Topliss-reactive ketones (excluding diaryl/α,β-unsaturated/α-hetero) is 1. The minimum atomic E-state index is 0.350. The van der Waals surface area contributed by atoms with Gasteiger partial charge in [0.15, 0.2) is 0 Å². The molecule has 0 amide bonds. The number of carbonyl (C=O) groups excluding carboxylic acids is 1. The van der Waals surface area contributed by atoms with Crippen molar-refractivity contribution >= 4 is 5.78 Å². The van der Waals surface area contributed by atoms with Gasteiger partial charge in [0.25, 0.3) is 0 Å². The van der Waals surface area contributed by atoms with Gasteiger partial charge in [0.05, 0.1) is 0 Å². The average molecular weight is 208 g/mol. The van der Waals surface area contributed by atoms with E-state index in [0.29, 0.717) is 11.7 Å². The summed E-state index contributed by atoms with van der Waals surface area (Å²) in [5.74, 6) is 3.62. The Bertz CT molecular complexity index is 225. The van der Waals surface area contributed by atoms with Gasteiger partial charge in [-0.2, -0.15) is 0 Å². The lowest BCUT2D eigenvalue weighted by atomic mass is 9.69. The van der Waals surface area contributed by atoms with Gasteiger partial charge in [-0.3, -0.25) is 4.79 Å². The topological polar surface area (TPSA) is 17.1 Å². The van der Waals surface area contributed by atoms with E-state index < -0.39 is 0 Å². The Kier molecular flexibility index (Phi) is 3.48. The summed E-state index contributed by atoms with van der Waals surface area (Å²) in [6, 6.07) is 0. The van der Waals surface area contributed by atoms with Gasteiger partial charge < -0.3 is 0 Å². The summed E-state index contributed by atoms with van der Waals surface area (Å²) < 4.78 is 0. The van der Waals surface area contributed by atoms with Crippen molar-refractivity contribution in [3.8, 4) is 0 Å². The quantitative estimate of drug-likeness (QED) is 0.640. The summed E-state index contributed by atoms with van der Waals surface area (Å²) >= 11 is 0. The first-order chi connectivity index (χ1) is 7.16. The number of hydrogen-bond donors (Lipinski definition) is 0. The van der Waals surface area contributed by atoms with E-state index in [1.807, 2.05) is 0 Å². The monoisotopic (exact) mass is 208 g/mol. The van der Waals surface area contributed by atoms with Crippen molar-refractivity contribution in [3.63, 3.8) is 0 Å². The van der Waals surface area contributed by atoms with Gasteiger partial charge in [0.1, 0.15) is 5.78 Å². The highest BCUT2D eigenvalue weighted by molar-refractivity contribution is 5.81. The van der Waals surface area contributed by atoms with Crippen LogP contribution in [-0.2, 0) is 4.79 Å². The van der Waals surface area contributed by atoms with E-state index in [9.17, 15) is 4.79 Å². The zero-order valence-corrected chi connectivity index (χ0v) is 10.2. The van der Waals surface area contributed by atoms with E-state index in [1.54, 1.807) is 0 Å². The minimum absolute atomic E-state index is 0.350. The van der Waals surface area contributed by atoms with Gasteiger partial charge in [-0.25, -0.2) is 0 Å². The fraction of sp³-hybridized carbons (Fsp3) is 0.929. The second-order valence-corrected chi connectivity index (χ2v) is 5.92. The molecule has 0 heterocycles. The van der Waals surface area contributed by atoms with Crippen LogP contribution in [0.2, 0.25) is 0 Å². The van der Waals surface area contributed by atoms with Crippen LogP contribution in [0.5, 0.6) is 0 Å². The lowest BCUT2D eigenvalue weighted by molar-refractivity contribution is -0.125. The Morgan fingerprint density at radius 2 is 1.60 bits per heavy atom. The third-order valence-corrected chi connectivity index (χ3v) is 4.69. The van der Waals surface area contributed by atoms with Crippen LogP contribution in [0.1, 0.15) is 58.8 Å². The zero-order chi connectivity index (χ0) is 10.8. The zero-order valence-electron chi connectivity index (χ0n) is 10.2. The molecule has 2 unspecified atom stereocenters. The van der Waals surface area contributed by atoms with Crippen LogP contribution in [0.4, 0.5) is 0 Å². The molecule has 0 aliphatic heterocycles. The van der Waals surface area contributed by atoms with Crippen molar-refractivity contribution in [1.82, 2.24) is 0 Å². The van der Waals surface area contributed by atoms with Crippen molar-refractivity contribution in [1.29, 1.82) is 0 Å². The Morgan fingerprint density at radius 3 is 2.20 bits per heavy atom. The summed E-state index contributed by atoms with van der Waals surface area (Å²) in [5, 5.41) is 0. The standard InChI is InChI=1S/C14H24O/c1-10-3-5-12(6-4-10)13-7-8-14(15)11(2)9-13/h10-13H,3-9H2,1-2H3. The van der Waals surface area contributed by atoms with E-state index in [2.05, 4.69) is 13.8 Å². The molecule has 0 aromatic carbocycles. The average Bonchev–Trinajstić information content (AvgIpc) is 2.23. The van der Waals surface area contributed by atoms with Gasteiger partial charge in [-0.15, -0.1) is 0 Å². The first-order valence-corrected chi connectivity index (χ1v) is 6.69. The normalized spacial score (nSPS) is 42.9. The molecule has 2 rings (SSSR count). The summed E-state index contributed by atoms with van der Waals surface area (Å²) in [4.78, 5) is 11.5. The van der Waals surface area contributed by atoms with Crippen molar-refractivity contribution in [3.05, 3.63) is 0 Å². The third kappa shape index (κ3) is 2.62. The van der Waals surface area contributed by atoms with Gasteiger partial charge >= 0.3 is 0 Å². The Morgan fingerprint density at radius 1 is 0.933 bits per heavy atom. The van der Waals surface area contributed by atoms with Crippen LogP contribution >= 0.6 is 0 Å². The molecule has 2 saturated carbocycles. The number of ketones is 1. The van der Waals surface area contributed by atoms with E-state index in [4.69, 9.17) is 0 Å². The SMILES string of the molecule is CC1CCC(C2CCC(=O)C(C)C2)CC1. The predicted octanol–water partition coefficient (Wildman–Crippen LogP) is 3.82. The van der Waals surface area contributed by atoms with Gasteiger partial charge in [0, 0.05) is 12.3 Å². The molecule has 0 bridgehead atoms. The second-order valence-electron chi connectivity index (χ2n) is 5.92. The fourth-order valence-corrected chi connectivity index (χ4v) is 3.46. The maximum atomic E-state index is 11.5. The molecule has 2 aliphatic rings. The number of hydrogen-bond acceptors (Lipinski definition) is 1. The summed E-state index contributed by atoms with van der Waals surface area (Å²) in [6.07, 6.45) is 8.91. The van der Waals surface area contributed by atoms with Gasteiger partial charge in [-0.1, -0.05) is 26.7 Å². The van der Waals surface area contributed by atoms with Crippen LogP contribution in [0, 0.1) is 23.7 Å². The molecule has 86 valence electrons. The highest BCUT2D eigenvalue weighted by Gasteiger charge is 2.32. The predicted molar refractivity (Wildman–Crippen MR) is 62.6 cm³/mol. The van der Waals surface area contributed by atoms with E-state index >= 15 is 0 Å². The van der Waals surface area contributed by atoms with Crippen LogP contribution in [0.15, 0.2) is 0 Å². The lowest BCUT2D eigenvalue weighted by Gasteiger charge is -2.36. The Labute approximate surface area is 93.6 Å². The number of carbonyl (C=O) groups is 1. The highest BCUT2D eigenvalue weighted by atomic mass is 16.1. The maximum absolute atomic E-state index is 11.5. The first kappa shape index (κ1) is 11.2. The smallest absolute Gasteiger partial charge is 0.135 e. The third-order valence-electron chi connectivity index (χ3n) is 4.69. The lowest BCUT2D eigenvalue weighted by Crippen LogP contribution is -2.29. The van der Waals surface area contributed by atoms with E-state index in [0.717, 1.165) is 24.2 Å².